The van der Waals surface area contributed by atoms with Gasteiger partial charge in [0.25, 0.3) is 0 Å². The number of benzene rings is 1. The molecule has 1 amide bonds. The summed E-state index contributed by atoms with van der Waals surface area (Å²) in [6, 6.07) is 5.55. The number of aryl methyl sites for hydroxylation is 1. The number of nitrogens with one attached hydrogen (secondary N) is 1. The molecular formula is C16H25N3O. The zero-order valence-electron chi connectivity index (χ0n) is 12.7. The Morgan fingerprint density at radius 3 is 2.80 bits per heavy atom. The number of carbonyl (C=O) groups is 1. The molecule has 0 radical (unpaired) electrons. The van der Waals surface area contributed by atoms with Crippen molar-refractivity contribution in [2.75, 3.05) is 24.1 Å². The van der Waals surface area contributed by atoms with Gasteiger partial charge in [-0.1, -0.05) is 0 Å². The molecule has 3 N–H and O–H groups in total. The fourth-order valence-corrected chi connectivity index (χ4v) is 2.85. The van der Waals surface area contributed by atoms with Crippen molar-refractivity contribution < 1.29 is 4.79 Å². The Morgan fingerprint density at radius 2 is 2.20 bits per heavy atom. The highest BCUT2D eigenvalue weighted by atomic mass is 16.1. The minimum absolute atomic E-state index is 0.0700. The van der Waals surface area contributed by atoms with Gasteiger partial charge in [0.2, 0.25) is 5.91 Å². The van der Waals surface area contributed by atoms with Crippen LogP contribution in [-0.2, 0) is 4.79 Å². The molecule has 0 aromatic heterocycles. The lowest BCUT2D eigenvalue weighted by Gasteiger charge is -2.31. The molecule has 1 aromatic rings. The third-order valence-corrected chi connectivity index (χ3v) is 4.21. The molecular weight excluding hydrogens is 250 g/mol. The highest BCUT2D eigenvalue weighted by molar-refractivity contribution is 5.91. The van der Waals surface area contributed by atoms with E-state index in [1.165, 1.54) is 12.8 Å². The molecule has 4 heteroatoms. The maximum absolute atomic E-state index is 12.0. The van der Waals surface area contributed by atoms with E-state index in [0.717, 1.165) is 30.0 Å². The molecule has 0 spiro atoms. The number of hydrogen-bond donors (Lipinski definition) is 2. The standard InChI is InChI=1S/C16H25N3O/c1-12-11-13(17)5-6-14(12)18-15(20)7-10-19-9-4-8-16(19,2)3/h5-6,11H,4,7-10,17H2,1-3H3,(H,18,20). The number of nitrogens with two attached hydrogens (primary N) is 1. The van der Waals surface area contributed by atoms with Crippen LogP contribution < -0.4 is 11.1 Å². The first-order chi connectivity index (χ1) is 9.38. The largest absolute Gasteiger partial charge is 0.399 e. The molecule has 1 saturated heterocycles. The van der Waals surface area contributed by atoms with E-state index >= 15 is 0 Å². The van der Waals surface area contributed by atoms with Gasteiger partial charge in [-0.05, 0) is 63.9 Å². The van der Waals surface area contributed by atoms with Crippen LogP contribution in [0.3, 0.4) is 0 Å². The first kappa shape index (κ1) is 14.9. The van der Waals surface area contributed by atoms with Gasteiger partial charge in [0, 0.05) is 29.9 Å². The number of hydrogen-bond acceptors (Lipinski definition) is 3. The third-order valence-electron chi connectivity index (χ3n) is 4.21. The van der Waals surface area contributed by atoms with E-state index < -0.39 is 0 Å². The Bertz CT molecular complexity index is 496. The first-order valence-electron chi connectivity index (χ1n) is 7.29. The van der Waals surface area contributed by atoms with Gasteiger partial charge in [-0.2, -0.15) is 0 Å². The number of nitrogen functional groups attached to an aromatic ring is 1. The number of likely N-dealkylation sites (tertiary alicyclic amines) is 1. The Kier molecular flexibility index (Phi) is 4.33. The van der Waals surface area contributed by atoms with Gasteiger partial charge in [-0.15, -0.1) is 0 Å². The van der Waals surface area contributed by atoms with Gasteiger partial charge in [0.05, 0.1) is 0 Å². The van der Waals surface area contributed by atoms with Crippen LogP contribution in [0.15, 0.2) is 18.2 Å². The van der Waals surface area contributed by atoms with Crippen molar-refractivity contribution in [3.8, 4) is 0 Å². The maximum atomic E-state index is 12.0. The molecule has 0 atom stereocenters. The second-order valence-electron chi connectivity index (χ2n) is 6.28. The Hall–Kier alpha value is -1.55. The second-order valence-corrected chi connectivity index (χ2v) is 6.28. The van der Waals surface area contributed by atoms with Gasteiger partial charge in [-0.25, -0.2) is 0 Å². The van der Waals surface area contributed by atoms with Crippen LogP contribution >= 0.6 is 0 Å². The summed E-state index contributed by atoms with van der Waals surface area (Å²) in [5, 5.41) is 2.97. The number of carbonyl (C=O) groups excluding carboxylic acids is 1. The topological polar surface area (TPSA) is 58.4 Å². The van der Waals surface area contributed by atoms with Crippen molar-refractivity contribution in [2.24, 2.45) is 0 Å². The zero-order valence-corrected chi connectivity index (χ0v) is 12.7. The molecule has 2 rings (SSSR count). The van der Waals surface area contributed by atoms with E-state index in [2.05, 4.69) is 24.1 Å². The van der Waals surface area contributed by atoms with Crippen LogP contribution in [0.1, 0.15) is 38.7 Å². The zero-order chi connectivity index (χ0) is 14.8. The van der Waals surface area contributed by atoms with E-state index in [-0.39, 0.29) is 11.4 Å². The Balaban J connectivity index is 1.87. The normalized spacial score (nSPS) is 18.1. The second kappa shape index (κ2) is 5.83. The van der Waals surface area contributed by atoms with Gasteiger partial charge in [0.15, 0.2) is 0 Å². The number of amides is 1. The first-order valence-corrected chi connectivity index (χ1v) is 7.29. The monoisotopic (exact) mass is 275 g/mol. The van der Waals surface area contributed by atoms with Crippen LogP contribution in [0, 0.1) is 6.92 Å². The molecule has 1 aliphatic rings. The number of nitrogens with zero attached hydrogens (tertiary/aromatic N) is 1. The number of anilines is 2. The van der Waals surface area contributed by atoms with Crippen molar-refractivity contribution in [1.29, 1.82) is 0 Å². The van der Waals surface area contributed by atoms with Gasteiger partial charge >= 0.3 is 0 Å². The molecule has 0 unspecified atom stereocenters. The minimum Gasteiger partial charge on any atom is -0.399 e. The van der Waals surface area contributed by atoms with E-state index in [4.69, 9.17) is 5.73 Å². The van der Waals surface area contributed by atoms with Crippen molar-refractivity contribution in [3.05, 3.63) is 23.8 Å². The molecule has 0 aliphatic carbocycles. The van der Waals surface area contributed by atoms with Crippen molar-refractivity contribution in [2.45, 2.75) is 45.6 Å². The van der Waals surface area contributed by atoms with Crippen LogP contribution in [0.5, 0.6) is 0 Å². The van der Waals surface area contributed by atoms with Crippen LogP contribution in [0.2, 0.25) is 0 Å². The van der Waals surface area contributed by atoms with Crippen LogP contribution in [0.25, 0.3) is 0 Å². The lowest BCUT2D eigenvalue weighted by atomic mass is 10.0. The molecule has 1 fully saturated rings. The van der Waals surface area contributed by atoms with Crippen molar-refractivity contribution >= 4 is 17.3 Å². The molecule has 20 heavy (non-hydrogen) atoms. The summed E-state index contributed by atoms with van der Waals surface area (Å²) in [4.78, 5) is 14.5. The van der Waals surface area contributed by atoms with Crippen LogP contribution in [0.4, 0.5) is 11.4 Å². The van der Waals surface area contributed by atoms with Crippen LogP contribution in [-0.4, -0.2) is 29.4 Å². The number of rotatable bonds is 4. The average Bonchev–Trinajstić information content (AvgIpc) is 2.69. The molecule has 1 aliphatic heterocycles. The van der Waals surface area contributed by atoms with Crippen molar-refractivity contribution in [3.63, 3.8) is 0 Å². The predicted octanol–water partition coefficient (Wildman–Crippen LogP) is 2.78. The third kappa shape index (κ3) is 3.51. The maximum Gasteiger partial charge on any atom is 0.225 e. The molecule has 4 nitrogen and oxygen atoms in total. The molecule has 110 valence electrons. The fourth-order valence-electron chi connectivity index (χ4n) is 2.85. The van der Waals surface area contributed by atoms with Gasteiger partial charge in [-0.3, -0.25) is 9.69 Å². The lowest BCUT2D eigenvalue weighted by molar-refractivity contribution is -0.116. The minimum atomic E-state index is 0.0700. The van der Waals surface area contributed by atoms with E-state index in [9.17, 15) is 4.79 Å². The van der Waals surface area contributed by atoms with E-state index in [1.54, 1.807) is 0 Å². The summed E-state index contributed by atoms with van der Waals surface area (Å²) in [5.74, 6) is 0.0700. The average molecular weight is 275 g/mol. The SMILES string of the molecule is Cc1cc(N)ccc1NC(=O)CCN1CCCC1(C)C. The summed E-state index contributed by atoms with van der Waals surface area (Å²) in [7, 11) is 0. The van der Waals surface area contributed by atoms with E-state index in [0.29, 0.717) is 6.42 Å². The van der Waals surface area contributed by atoms with Crippen molar-refractivity contribution in [1.82, 2.24) is 4.90 Å². The Morgan fingerprint density at radius 1 is 1.45 bits per heavy atom. The summed E-state index contributed by atoms with van der Waals surface area (Å²) >= 11 is 0. The summed E-state index contributed by atoms with van der Waals surface area (Å²) in [5.41, 5.74) is 8.52. The van der Waals surface area contributed by atoms with Gasteiger partial charge in [0.1, 0.15) is 0 Å². The molecule has 0 bridgehead atoms. The summed E-state index contributed by atoms with van der Waals surface area (Å²) < 4.78 is 0. The Labute approximate surface area is 121 Å². The molecule has 1 aromatic carbocycles. The molecule has 1 heterocycles. The predicted molar refractivity (Wildman–Crippen MR) is 83.7 cm³/mol. The fraction of sp³-hybridized carbons (Fsp3) is 0.562. The van der Waals surface area contributed by atoms with E-state index in [1.807, 2.05) is 25.1 Å². The quantitative estimate of drug-likeness (QED) is 0.831. The molecule has 0 saturated carbocycles. The van der Waals surface area contributed by atoms with Gasteiger partial charge < -0.3 is 11.1 Å². The highest BCUT2D eigenvalue weighted by Gasteiger charge is 2.31. The highest BCUT2D eigenvalue weighted by Crippen LogP contribution is 2.28. The lowest BCUT2D eigenvalue weighted by Crippen LogP contribution is -2.39. The summed E-state index contributed by atoms with van der Waals surface area (Å²) in [6.07, 6.45) is 2.98. The summed E-state index contributed by atoms with van der Waals surface area (Å²) in [6.45, 7) is 8.38. The smallest absolute Gasteiger partial charge is 0.225 e.